The Morgan fingerprint density at radius 1 is 1.10 bits per heavy atom. The van der Waals surface area contributed by atoms with Crippen molar-refractivity contribution in [1.29, 1.82) is 0 Å². The molecule has 4 aliphatic rings. The van der Waals surface area contributed by atoms with Crippen molar-refractivity contribution in [1.82, 2.24) is 24.9 Å². The van der Waals surface area contributed by atoms with Crippen molar-refractivity contribution >= 4 is 17.7 Å². The van der Waals surface area contributed by atoms with E-state index < -0.39 is 6.04 Å². The molecule has 9 nitrogen and oxygen atoms in total. The van der Waals surface area contributed by atoms with Gasteiger partial charge in [0, 0.05) is 53.9 Å². The number of nitrogens with zero attached hydrogens (tertiary/aromatic N) is 4. The van der Waals surface area contributed by atoms with Crippen molar-refractivity contribution < 1.29 is 19.1 Å². The fourth-order valence-corrected chi connectivity index (χ4v) is 6.69. The molecule has 2 fully saturated rings. The molecule has 0 bridgehead atoms. The van der Waals surface area contributed by atoms with Crippen LogP contribution in [0.3, 0.4) is 0 Å². The minimum atomic E-state index is -0.618. The summed E-state index contributed by atoms with van der Waals surface area (Å²) in [5, 5.41) is 6.91. The molecule has 3 amide bonds. The van der Waals surface area contributed by atoms with Gasteiger partial charge in [-0.25, -0.2) is 0 Å². The summed E-state index contributed by atoms with van der Waals surface area (Å²) in [6, 6.07) is 14.0. The number of likely N-dealkylation sites (tertiary alicyclic amines) is 1. The first-order chi connectivity index (χ1) is 18.9. The summed E-state index contributed by atoms with van der Waals surface area (Å²) in [7, 11) is 1.93. The van der Waals surface area contributed by atoms with E-state index in [4.69, 9.17) is 4.74 Å². The van der Waals surface area contributed by atoms with Gasteiger partial charge >= 0.3 is 0 Å². The van der Waals surface area contributed by atoms with Crippen LogP contribution in [-0.4, -0.2) is 63.0 Å². The predicted octanol–water partition coefficient (Wildman–Crippen LogP) is 2.77. The maximum absolute atomic E-state index is 13.2. The van der Waals surface area contributed by atoms with Crippen molar-refractivity contribution in [2.75, 3.05) is 19.7 Å². The minimum absolute atomic E-state index is 0.0538. The average Bonchev–Trinajstić information content (AvgIpc) is 3.62. The number of ether oxygens (including phenoxy) is 1. The topological polar surface area (TPSA) is 96.8 Å². The van der Waals surface area contributed by atoms with Crippen molar-refractivity contribution in [2.24, 2.45) is 7.05 Å². The molecule has 2 aromatic carbocycles. The Hall–Kier alpha value is -3.98. The lowest BCUT2D eigenvalue weighted by atomic mass is 9.74. The molecule has 0 unspecified atom stereocenters. The number of benzene rings is 2. The second kappa shape index (κ2) is 9.05. The highest BCUT2D eigenvalue weighted by atomic mass is 16.5. The highest BCUT2D eigenvalue weighted by Gasteiger charge is 2.47. The normalized spacial score (nSPS) is 22.1. The Kier molecular flexibility index (Phi) is 5.59. The molecule has 0 saturated carbocycles. The molecule has 0 radical (unpaired) electrons. The Morgan fingerprint density at radius 3 is 2.72 bits per heavy atom. The Labute approximate surface area is 226 Å². The molecule has 1 spiro atoms. The number of hydrogen-bond donors (Lipinski definition) is 1. The van der Waals surface area contributed by atoms with Gasteiger partial charge in [0.05, 0.1) is 18.8 Å². The lowest BCUT2D eigenvalue weighted by molar-refractivity contribution is -0.136. The number of rotatable bonds is 4. The average molecular weight is 526 g/mol. The fourth-order valence-electron chi connectivity index (χ4n) is 6.69. The summed E-state index contributed by atoms with van der Waals surface area (Å²) in [5.74, 6) is -0.0000327. The van der Waals surface area contributed by atoms with Crippen molar-refractivity contribution in [3.8, 4) is 17.0 Å². The molecule has 2 saturated heterocycles. The van der Waals surface area contributed by atoms with Gasteiger partial charge in [0.1, 0.15) is 11.8 Å². The lowest BCUT2D eigenvalue weighted by Crippen LogP contribution is -2.52. The van der Waals surface area contributed by atoms with Crippen LogP contribution < -0.4 is 10.1 Å². The molecule has 7 rings (SSSR count). The van der Waals surface area contributed by atoms with E-state index in [1.165, 1.54) is 11.1 Å². The van der Waals surface area contributed by atoms with Crippen molar-refractivity contribution in [3.63, 3.8) is 0 Å². The largest absolute Gasteiger partial charge is 0.492 e. The number of aryl methyl sites for hydroxylation is 1. The van der Waals surface area contributed by atoms with E-state index in [0.717, 1.165) is 55.0 Å². The first-order valence-electron chi connectivity index (χ1n) is 13.7. The quantitative estimate of drug-likeness (QED) is 0.527. The number of hydrogen-bond acceptors (Lipinski definition) is 6. The third kappa shape index (κ3) is 4.03. The molecular formula is C30H31N5O4. The molecule has 1 N–H and O–H groups in total. The SMILES string of the molecule is Cn1ccc(-c2cccc(CN3CCC4(CC3)COc3c4ccc4c3CN([C@@H]3CCC(=O)NC3=O)C4=O)c2)n1. The number of carbonyl (C=O) groups is 3. The summed E-state index contributed by atoms with van der Waals surface area (Å²) in [4.78, 5) is 41.4. The number of imide groups is 1. The van der Waals surface area contributed by atoms with Crippen LogP contribution in [-0.2, 0) is 35.1 Å². The Balaban J connectivity index is 1.05. The smallest absolute Gasteiger partial charge is 0.255 e. The molecule has 39 heavy (non-hydrogen) atoms. The van der Waals surface area contributed by atoms with Crippen LogP contribution in [0.1, 0.15) is 52.7 Å². The molecule has 1 aromatic heterocycles. The maximum Gasteiger partial charge on any atom is 0.255 e. The van der Waals surface area contributed by atoms with Gasteiger partial charge in [-0.1, -0.05) is 24.3 Å². The van der Waals surface area contributed by atoms with E-state index in [-0.39, 0.29) is 29.6 Å². The number of piperidine rings is 2. The van der Waals surface area contributed by atoms with E-state index in [9.17, 15) is 14.4 Å². The molecule has 1 atom stereocenters. The van der Waals surface area contributed by atoms with Crippen LogP contribution >= 0.6 is 0 Å². The highest BCUT2D eigenvalue weighted by Crippen LogP contribution is 2.49. The summed E-state index contributed by atoms with van der Waals surface area (Å²) in [5.41, 5.74) is 6.03. The molecular weight excluding hydrogens is 494 g/mol. The number of nitrogens with one attached hydrogen (secondary N) is 1. The third-order valence-electron chi connectivity index (χ3n) is 8.89. The van der Waals surface area contributed by atoms with Gasteiger partial charge in [0.2, 0.25) is 11.8 Å². The van der Waals surface area contributed by atoms with E-state index in [1.807, 2.05) is 30.1 Å². The van der Waals surface area contributed by atoms with E-state index in [1.54, 1.807) is 4.90 Å². The maximum atomic E-state index is 13.2. The monoisotopic (exact) mass is 525 g/mol. The molecule has 0 aliphatic carbocycles. The van der Waals surface area contributed by atoms with E-state index in [0.29, 0.717) is 25.1 Å². The van der Waals surface area contributed by atoms with Crippen molar-refractivity contribution in [3.05, 3.63) is 70.9 Å². The summed E-state index contributed by atoms with van der Waals surface area (Å²) in [6.45, 7) is 3.79. The molecule has 9 heteroatoms. The second-order valence-corrected chi connectivity index (χ2v) is 11.3. The Bertz CT molecular complexity index is 1500. The third-order valence-corrected chi connectivity index (χ3v) is 8.89. The van der Waals surface area contributed by atoms with Gasteiger partial charge in [-0.05, 0) is 56.1 Å². The number of fused-ring (bicyclic) bond motifs is 4. The first kappa shape index (κ1) is 24.1. The fraction of sp³-hybridized carbons (Fsp3) is 0.400. The van der Waals surface area contributed by atoms with Crippen LogP contribution in [0.25, 0.3) is 11.3 Å². The van der Waals surface area contributed by atoms with Gasteiger partial charge in [-0.15, -0.1) is 0 Å². The first-order valence-corrected chi connectivity index (χ1v) is 13.7. The van der Waals surface area contributed by atoms with Crippen LogP contribution in [0.5, 0.6) is 5.75 Å². The number of carbonyl (C=O) groups excluding carboxylic acids is 3. The van der Waals surface area contributed by atoms with Crippen LogP contribution in [0.4, 0.5) is 0 Å². The molecule has 5 heterocycles. The number of aromatic nitrogens is 2. The predicted molar refractivity (Wildman–Crippen MR) is 143 cm³/mol. The van der Waals surface area contributed by atoms with Gasteiger partial charge in [-0.3, -0.25) is 29.3 Å². The Morgan fingerprint density at radius 2 is 1.95 bits per heavy atom. The zero-order valence-electron chi connectivity index (χ0n) is 22.0. The summed E-state index contributed by atoms with van der Waals surface area (Å²) < 4.78 is 8.15. The highest BCUT2D eigenvalue weighted by molar-refractivity contribution is 6.05. The molecule has 200 valence electrons. The van der Waals surface area contributed by atoms with Gasteiger partial charge in [0.15, 0.2) is 0 Å². The lowest BCUT2D eigenvalue weighted by Gasteiger charge is -2.38. The second-order valence-electron chi connectivity index (χ2n) is 11.3. The van der Waals surface area contributed by atoms with Crippen LogP contribution in [0, 0.1) is 0 Å². The minimum Gasteiger partial charge on any atom is -0.492 e. The van der Waals surface area contributed by atoms with Gasteiger partial charge < -0.3 is 9.64 Å². The zero-order chi connectivity index (χ0) is 26.7. The van der Waals surface area contributed by atoms with Crippen molar-refractivity contribution in [2.45, 2.75) is 50.2 Å². The van der Waals surface area contributed by atoms with E-state index >= 15 is 0 Å². The standard InChI is InChI=1S/C30H31N5O4/c1-33-12-9-24(32-33)20-4-2-3-19(15-20)16-34-13-10-30(11-14-34)18-39-27-22-17-35(25-7-8-26(36)31-28(25)37)29(38)21(22)5-6-23(27)30/h2-6,9,12,15,25H,7-8,10-11,13-14,16-18H2,1H3,(H,31,36,37)/t25-/m1/s1. The zero-order valence-corrected chi connectivity index (χ0v) is 22.0. The van der Waals surface area contributed by atoms with E-state index in [2.05, 4.69) is 45.6 Å². The van der Waals surface area contributed by atoms with Gasteiger partial charge in [-0.2, -0.15) is 5.10 Å². The number of amides is 3. The van der Waals surface area contributed by atoms with Crippen LogP contribution in [0.2, 0.25) is 0 Å². The summed E-state index contributed by atoms with van der Waals surface area (Å²) in [6.07, 6.45) is 4.55. The molecule has 4 aliphatic heterocycles. The summed E-state index contributed by atoms with van der Waals surface area (Å²) >= 11 is 0. The molecule has 3 aromatic rings. The van der Waals surface area contributed by atoms with Crippen LogP contribution in [0.15, 0.2) is 48.7 Å². The van der Waals surface area contributed by atoms with Gasteiger partial charge in [0.25, 0.3) is 5.91 Å².